The van der Waals surface area contributed by atoms with Gasteiger partial charge in [-0.05, 0) is 49.9 Å². The maximum Gasteiger partial charge on any atom is 0.286 e. The number of benzene rings is 1. The van der Waals surface area contributed by atoms with Gasteiger partial charge in [-0.3, -0.25) is 9.69 Å². The Morgan fingerprint density at radius 1 is 1.32 bits per heavy atom. The molecule has 1 aromatic carbocycles. The summed E-state index contributed by atoms with van der Waals surface area (Å²) < 4.78 is 11.7. The Bertz CT molecular complexity index is 878. The van der Waals surface area contributed by atoms with Gasteiger partial charge in [-0.25, -0.2) is 0 Å². The third kappa shape index (κ3) is 2.97. The number of likely N-dealkylation sites (tertiary alicyclic amines) is 1. The smallest absolute Gasteiger partial charge is 0.286 e. The number of carbonyl (C=O) groups is 1. The van der Waals surface area contributed by atoms with Gasteiger partial charge in [0.25, 0.3) is 5.91 Å². The van der Waals surface area contributed by atoms with E-state index in [0.717, 1.165) is 32.5 Å². The van der Waals surface area contributed by atoms with E-state index < -0.39 is 0 Å². The fraction of sp³-hybridized carbons (Fsp3) is 0.522. The lowest BCUT2D eigenvalue weighted by atomic mass is 9.73. The van der Waals surface area contributed by atoms with E-state index in [9.17, 15) is 4.79 Å². The van der Waals surface area contributed by atoms with E-state index >= 15 is 0 Å². The minimum atomic E-state index is -0.132. The third-order valence-electron chi connectivity index (χ3n) is 7.00. The first kappa shape index (κ1) is 18.0. The molecular weight excluding hydrogens is 352 g/mol. The maximum atomic E-state index is 12.3. The number of fused-ring (bicyclic) bond motifs is 1. The van der Waals surface area contributed by atoms with Crippen molar-refractivity contribution in [1.29, 1.82) is 0 Å². The first-order valence-corrected chi connectivity index (χ1v) is 10.3. The number of furan rings is 1. The molecule has 2 bridgehead atoms. The van der Waals surface area contributed by atoms with E-state index in [1.807, 2.05) is 0 Å². The van der Waals surface area contributed by atoms with Gasteiger partial charge in [0.15, 0.2) is 5.76 Å². The molecule has 1 spiro atoms. The number of rotatable bonds is 5. The number of nitrogens with one attached hydrogen (secondary N) is 1. The van der Waals surface area contributed by atoms with Crippen molar-refractivity contribution in [3.8, 4) is 0 Å². The highest BCUT2D eigenvalue weighted by Gasteiger charge is 2.62. The third-order valence-corrected chi connectivity index (χ3v) is 7.00. The molecule has 5 rings (SSSR count). The highest BCUT2D eigenvalue weighted by atomic mass is 16.5. The van der Waals surface area contributed by atoms with Gasteiger partial charge in [-0.15, -0.1) is 0 Å². The number of nitrogens with zero attached hydrogens (tertiary/aromatic N) is 1. The number of hydrogen-bond acceptors (Lipinski definition) is 4. The van der Waals surface area contributed by atoms with Crippen LogP contribution in [0.3, 0.4) is 0 Å². The highest BCUT2D eigenvalue weighted by Crippen LogP contribution is 2.54. The molecule has 3 aliphatic heterocycles. The molecule has 2 aromatic rings. The van der Waals surface area contributed by atoms with Crippen molar-refractivity contribution in [2.75, 3.05) is 19.6 Å². The lowest BCUT2D eigenvalue weighted by molar-refractivity contribution is 0.00210. The molecule has 3 fully saturated rings. The van der Waals surface area contributed by atoms with E-state index in [0.29, 0.717) is 24.1 Å². The monoisotopic (exact) mass is 380 g/mol. The summed E-state index contributed by atoms with van der Waals surface area (Å²) >= 11 is 0. The van der Waals surface area contributed by atoms with Crippen molar-refractivity contribution < 1.29 is 13.9 Å². The Labute approximate surface area is 166 Å². The summed E-state index contributed by atoms with van der Waals surface area (Å²) in [6, 6.07) is 10.1. The molecule has 0 aliphatic carbocycles. The Morgan fingerprint density at radius 2 is 2.21 bits per heavy atom. The molecule has 0 radical (unpaired) electrons. The molecule has 1 aromatic heterocycles. The van der Waals surface area contributed by atoms with E-state index in [1.54, 1.807) is 12.1 Å². The lowest BCUT2D eigenvalue weighted by Gasteiger charge is -2.29. The Balaban J connectivity index is 1.27. The first-order chi connectivity index (χ1) is 13.5. The SMILES string of the molecule is Cc1ccc(C)c(CN2C[C@@H]3[C@H](CNC(=O)c4ccco4)[C@H]4CC[C@]3(C2)O4)c1. The van der Waals surface area contributed by atoms with E-state index in [1.165, 1.54) is 23.0 Å². The van der Waals surface area contributed by atoms with Crippen LogP contribution >= 0.6 is 0 Å². The molecule has 0 unspecified atom stereocenters. The molecule has 4 atom stereocenters. The van der Waals surface area contributed by atoms with Gasteiger partial charge < -0.3 is 14.5 Å². The van der Waals surface area contributed by atoms with Gasteiger partial charge >= 0.3 is 0 Å². The zero-order chi connectivity index (χ0) is 19.3. The van der Waals surface area contributed by atoms with Crippen molar-refractivity contribution in [3.63, 3.8) is 0 Å². The second-order valence-corrected chi connectivity index (χ2v) is 8.82. The molecule has 3 saturated heterocycles. The number of hydrogen-bond donors (Lipinski definition) is 1. The van der Waals surface area contributed by atoms with Gasteiger partial charge in [0, 0.05) is 38.0 Å². The van der Waals surface area contributed by atoms with Crippen molar-refractivity contribution >= 4 is 5.91 Å². The predicted octanol–water partition coefficient (Wildman–Crippen LogP) is 3.31. The number of aryl methyl sites for hydroxylation is 2. The molecule has 1 N–H and O–H groups in total. The molecule has 5 heteroatoms. The van der Waals surface area contributed by atoms with Gasteiger partial charge in [0.1, 0.15) is 0 Å². The van der Waals surface area contributed by atoms with Crippen LogP contribution in [0.1, 0.15) is 40.1 Å². The fourth-order valence-electron chi connectivity index (χ4n) is 5.60. The van der Waals surface area contributed by atoms with Crippen LogP contribution in [0.5, 0.6) is 0 Å². The second kappa shape index (κ2) is 6.75. The van der Waals surface area contributed by atoms with Gasteiger partial charge in [0.05, 0.1) is 18.0 Å². The lowest BCUT2D eigenvalue weighted by Crippen LogP contribution is -2.41. The summed E-state index contributed by atoms with van der Waals surface area (Å²) in [7, 11) is 0. The summed E-state index contributed by atoms with van der Waals surface area (Å²) in [5.74, 6) is 1.12. The highest BCUT2D eigenvalue weighted by molar-refractivity contribution is 5.91. The van der Waals surface area contributed by atoms with E-state index in [4.69, 9.17) is 9.15 Å². The molecule has 148 valence electrons. The van der Waals surface area contributed by atoms with Crippen LogP contribution in [0, 0.1) is 25.7 Å². The summed E-state index contributed by atoms with van der Waals surface area (Å²) in [4.78, 5) is 14.8. The number of amides is 1. The van der Waals surface area contributed by atoms with Gasteiger partial charge in [-0.2, -0.15) is 0 Å². The number of ether oxygens (including phenoxy) is 1. The van der Waals surface area contributed by atoms with E-state index in [-0.39, 0.29) is 17.6 Å². The van der Waals surface area contributed by atoms with Crippen LogP contribution in [0.2, 0.25) is 0 Å². The first-order valence-electron chi connectivity index (χ1n) is 10.3. The topological polar surface area (TPSA) is 54.7 Å². The summed E-state index contributed by atoms with van der Waals surface area (Å²) in [6.07, 6.45) is 4.07. The van der Waals surface area contributed by atoms with Crippen molar-refractivity contribution in [1.82, 2.24) is 10.2 Å². The molecule has 3 aliphatic rings. The molecule has 1 amide bonds. The summed E-state index contributed by atoms with van der Waals surface area (Å²) in [5, 5.41) is 3.07. The minimum absolute atomic E-state index is 0.0114. The van der Waals surface area contributed by atoms with Crippen LogP contribution in [0.15, 0.2) is 41.0 Å². The second-order valence-electron chi connectivity index (χ2n) is 8.82. The average Bonchev–Trinajstić information content (AvgIpc) is 3.43. The number of carbonyl (C=O) groups excluding carboxylic acids is 1. The minimum Gasteiger partial charge on any atom is -0.459 e. The Morgan fingerprint density at radius 3 is 3.04 bits per heavy atom. The van der Waals surface area contributed by atoms with Crippen LogP contribution in [0.25, 0.3) is 0 Å². The molecule has 28 heavy (non-hydrogen) atoms. The Hall–Kier alpha value is -2.11. The zero-order valence-electron chi connectivity index (χ0n) is 16.6. The average molecular weight is 380 g/mol. The normalized spacial score (nSPS) is 31.3. The summed E-state index contributed by atoms with van der Waals surface area (Å²) in [6.45, 7) is 8.04. The molecule has 4 heterocycles. The maximum absolute atomic E-state index is 12.3. The molecule has 5 nitrogen and oxygen atoms in total. The quantitative estimate of drug-likeness (QED) is 0.865. The fourth-order valence-corrected chi connectivity index (χ4v) is 5.60. The molecule has 0 saturated carbocycles. The zero-order valence-corrected chi connectivity index (χ0v) is 16.6. The largest absolute Gasteiger partial charge is 0.459 e. The molecular formula is C23H28N2O3. The predicted molar refractivity (Wildman–Crippen MR) is 106 cm³/mol. The van der Waals surface area contributed by atoms with Crippen LogP contribution in [-0.4, -0.2) is 42.1 Å². The van der Waals surface area contributed by atoms with Crippen LogP contribution in [-0.2, 0) is 11.3 Å². The summed E-state index contributed by atoms with van der Waals surface area (Å²) in [5.41, 5.74) is 4.07. The standard InChI is InChI=1S/C23H28N2O3/c1-15-5-6-16(2)17(10-15)12-25-13-19-18(20-7-8-23(19,14-25)28-20)11-24-22(26)21-4-3-9-27-21/h3-6,9-10,18-20H,7-8,11-14H2,1-2H3,(H,24,26)/t18-,19+,20+,23+/m0/s1. The van der Waals surface area contributed by atoms with Gasteiger partial charge in [-0.1, -0.05) is 23.8 Å². The van der Waals surface area contributed by atoms with E-state index in [2.05, 4.69) is 42.3 Å². The van der Waals surface area contributed by atoms with Gasteiger partial charge in [0.2, 0.25) is 0 Å². The van der Waals surface area contributed by atoms with Crippen molar-refractivity contribution in [2.45, 2.75) is 44.9 Å². The van der Waals surface area contributed by atoms with Crippen LogP contribution in [0.4, 0.5) is 0 Å². The Kier molecular flexibility index (Phi) is 4.33. The van der Waals surface area contributed by atoms with Crippen molar-refractivity contribution in [2.24, 2.45) is 11.8 Å². The van der Waals surface area contributed by atoms with Crippen molar-refractivity contribution in [3.05, 3.63) is 59.0 Å². The van der Waals surface area contributed by atoms with Crippen LogP contribution < -0.4 is 5.32 Å².